The molecule has 1 heterocycles. The van der Waals surface area contributed by atoms with Crippen molar-refractivity contribution in [3.63, 3.8) is 0 Å². The number of aromatic nitrogens is 2. The average molecular weight is 280 g/mol. The van der Waals surface area contributed by atoms with Gasteiger partial charge >= 0.3 is 5.69 Å². The zero-order valence-electron chi connectivity index (χ0n) is 9.82. The van der Waals surface area contributed by atoms with E-state index in [0.717, 1.165) is 0 Å². The van der Waals surface area contributed by atoms with Crippen molar-refractivity contribution in [3.8, 4) is 5.75 Å². The molecule has 0 amide bonds. The molecule has 0 atom stereocenters. The summed E-state index contributed by atoms with van der Waals surface area (Å²) in [6.45, 7) is 0.0713. The highest BCUT2D eigenvalue weighted by molar-refractivity contribution is 6.17. The predicted octanol–water partition coefficient (Wildman–Crippen LogP) is 2.70. The SMILES string of the molecule is O=[N+]([O-])c1cc(CCl)ccc1OCc1ncccn1. The molecule has 6 nitrogen and oxygen atoms in total. The minimum absolute atomic E-state index is 0.0713. The summed E-state index contributed by atoms with van der Waals surface area (Å²) in [5.74, 6) is 0.840. The zero-order chi connectivity index (χ0) is 13.7. The molecule has 1 aromatic carbocycles. The van der Waals surface area contributed by atoms with Crippen LogP contribution in [-0.2, 0) is 12.5 Å². The van der Waals surface area contributed by atoms with Gasteiger partial charge in [0, 0.05) is 24.3 Å². The number of halogens is 1. The maximum absolute atomic E-state index is 11.0. The number of alkyl halides is 1. The predicted molar refractivity (Wildman–Crippen MR) is 69.0 cm³/mol. The van der Waals surface area contributed by atoms with Crippen molar-refractivity contribution in [3.05, 3.63) is 58.2 Å². The van der Waals surface area contributed by atoms with Crippen LogP contribution >= 0.6 is 11.6 Å². The second-order valence-electron chi connectivity index (χ2n) is 3.65. The van der Waals surface area contributed by atoms with Gasteiger partial charge in [0.1, 0.15) is 6.61 Å². The molecule has 98 valence electrons. The largest absolute Gasteiger partial charge is 0.479 e. The van der Waals surface area contributed by atoms with E-state index in [9.17, 15) is 10.1 Å². The van der Waals surface area contributed by atoms with Crippen molar-refractivity contribution >= 4 is 17.3 Å². The lowest BCUT2D eigenvalue weighted by atomic mass is 10.2. The Morgan fingerprint density at radius 2 is 2.05 bits per heavy atom. The first-order chi connectivity index (χ1) is 9.20. The Morgan fingerprint density at radius 3 is 2.68 bits per heavy atom. The van der Waals surface area contributed by atoms with Gasteiger partial charge in [-0.2, -0.15) is 0 Å². The molecule has 0 N–H and O–H groups in total. The summed E-state index contributed by atoms with van der Waals surface area (Å²) >= 11 is 5.65. The number of rotatable bonds is 5. The molecule has 0 fully saturated rings. The Hall–Kier alpha value is -2.21. The summed E-state index contributed by atoms with van der Waals surface area (Å²) in [5.41, 5.74) is 0.547. The maximum Gasteiger partial charge on any atom is 0.311 e. The summed E-state index contributed by atoms with van der Waals surface area (Å²) in [6.07, 6.45) is 3.16. The van der Waals surface area contributed by atoms with Gasteiger partial charge in [0.05, 0.1) is 4.92 Å². The molecule has 0 spiro atoms. The lowest BCUT2D eigenvalue weighted by Crippen LogP contribution is -2.02. The fourth-order valence-electron chi connectivity index (χ4n) is 1.46. The van der Waals surface area contributed by atoms with E-state index in [2.05, 4.69) is 9.97 Å². The monoisotopic (exact) mass is 279 g/mol. The summed E-state index contributed by atoms with van der Waals surface area (Å²) in [6, 6.07) is 6.29. The highest BCUT2D eigenvalue weighted by Gasteiger charge is 2.16. The van der Waals surface area contributed by atoms with Crippen LogP contribution in [0.5, 0.6) is 5.75 Å². The molecule has 0 unspecified atom stereocenters. The molecule has 2 aromatic rings. The number of nitro groups is 1. The Bertz CT molecular complexity index is 578. The number of hydrogen-bond acceptors (Lipinski definition) is 5. The van der Waals surface area contributed by atoms with Crippen LogP contribution in [-0.4, -0.2) is 14.9 Å². The zero-order valence-corrected chi connectivity index (χ0v) is 10.6. The molecule has 0 saturated heterocycles. The van der Waals surface area contributed by atoms with E-state index in [1.165, 1.54) is 12.1 Å². The van der Waals surface area contributed by atoms with E-state index in [1.807, 2.05) is 0 Å². The van der Waals surface area contributed by atoms with Crippen LogP contribution in [0.15, 0.2) is 36.7 Å². The smallest absolute Gasteiger partial charge is 0.311 e. The molecule has 7 heteroatoms. The molecule has 19 heavy (non-hydrogen) atoms. The van der Waals surface area contributed by atoms with E-state index in [-0.39, 0.29) is 23.9 Å². The van der Waals surface area contributed by atoms with Crippen LogP contribution in [0.25, 0.3) is 0 Å². The Morgan fingerprint density at radius 1 is 1.32 bits per heavy atom. The molecular weight excluding hydrogens is 270 g/mol. The first-order valence-corrected chi connectivity index (χ1v) is 5.96. The lowest BCUT2D eigenvalue weighted by Gasteiger charge is -2.06. The minimum Gasteiger partial charge on any atom is -0.479 e. The van der Waals surface area contributed by atoms with E-state index in [4.69, 9.17) is 16.3 Å². The van der Waals surface area contributed by atoms with Gasteiger partial charge in [0.2, 0.25) is 0 Å². The van der Waals surface area contributed by atoms with Crippen LogP contribution in [0.1, 0.15) is 11.4 Å². The first kappa shape index (κ1) is 13.2. The normalized spacial score (nSPS) is 10.2. The van der Waals surface area contributed by atoms with Crippen LogP contribution in [0, 0.1) is 10.1 Å². The first-order valence-electron chi connectivity index (χ1n) is 5.42. The van der Waals surface area contributed by atoms with Gasteiger partial charge < -0.3 is 4.74 Å². The van der Waals surface area contributed by atoms with E-state index < -0.39 is 4.92 Å². The number of benzene rings is 1. The van der Waals surface area contributed by atoms with Gasteiger partial charge in [-0.25, -0.2) is 9.97 Å². The highest BCUT2D eigenvalue weighted by Crippen LogP contribution is 2.29. The van der Waals surface area contributed by atoms with Gasteiger partial charge in [-0.3, -0.25) is 10.1 Å². The minimum atomic E-state index is -0.503. The topological polar surface area (TPSA) is 78.2 Å². The van der Waals surface area contributed by atoms with Crippen molar-refractivity contribution in [2.24, 2.45) is 0 Å². The third kappa shape index (κ3) is 3.38. The number of nitrogens with zero attached hydrogens (tertiary/aromatic N) is 3. The fourth-order valence-corrected chi connectivity index (χ4v) is 1.62. The van der Waals surface area contributed by atoms with Crippen molar-refractivity contribution in [1.82, 2.24) is 9.97 Å². The lowest BCUT2D eigenvalue weighted by molar-refractivity contribution is -0.386. The van der Waals surface area contributed by atoms with Crippen LogP contribution in [0.3, 0.4) is 0 Å². The standard InChI is InChI=1S/C12H10ClN3O3/c13-7-9-2-3-11(10(6-9)16(17)18)19-8-12-14-4-1-5-15-12/h1-6H,7-8H2. The van der Waals surface area contributed by atoms with Gasteiger partial charge in [-0.05, 0) is 17.7 Å². The summed E-state index contributed by atoms with van der Waals surface area (Å²) < 4.78 is 5.37. The molecular formula is C12H10ClN3O3. The van der Waals surface area contributed by atoms with Crippen molar-refractivity contribution in [2.75, 3.05) is 0 Å². The second-order valence-corrected chi connectivity index (χ2v) is 3.91. The van der Waals surface area contributed by atoms with E-state index in [0.29, 0.717) is 11.4 Å². The summed E-state index contributed by atoms with van der Waals surface area (Å²) in [7, 11) is 0. The quantitative estimate of drug-likeness (QED) is 0.478. The number of ether oxygens (including phenoxy) is 1. The van der Waals surface area contributed by atoms with Gasteiger partial charge in [-0.15, -0.1) is 11.6 Å². The van der Waals surface area contributed by atoms with Gasteiger partial charge in [-0.1, -0.05) is 6.07 Å². The molecule has 0 aliphatic heterocycles. The van der Waals surface area contributed by atoms with E-state index in [1.54, 1.807) is 24.5 Å². The van der Waals surface area contributed by atoms with Crippen molar-refractivity contribution < 1.29 is 9.66 Å². The Labute approximate surface area is 114 Å². The van der Waals surface area contributed by atoms with E-state index >= 15 is 0 Å². The maximum atomic E-state index is 11.0. The van der Waals surface area contributed by atoms with Gasteiger partial charge in [0.25, 0.3) is 0 Å². The molecule has 2 rings (SSSR count). The van der Waals surface area contributed by atoms with Crippen LogP contribution in [0.2, 0.25) is 0 Å². The van der Waals surface area contributed by atoms with Crippen LogP contribution < -0.4 is 4.74 Å². The molecule has 1 aromatic heterocycles. The average Bonchev–Trinajstić information content (AvgIpc) is 2.46. The summed E-state index contributed by atoms with van der Waals surface area (Å²) in [4.78, 5) is 18.4. The third-order valence-corrected chi connectivity index (χ3v) is 2.66. The fraction of sp³-hybridized carbons (Fsp3) is 0.167. The van der Waals surface area contributed by atoms with Gasteiger partial charge in [0.15, 0.2) is 11.6 Å². The summed E-state index contributed by atoms with van der Waals surface area (Å²) in [5, 5.41) is 11.0. The number of nitro benzene ring substituents is 1. The molecule has 0 aliphatic carbocycles. The van der Waals surface area contributed by atoms with Crippen LogP contribution in [0.4, 0.5) is 5.69 Å². The van der Waals surface area contributed by atoms with Crippen molar-refractivity contribution in [1.29, 1.82) is 0 Å². The number of hydrogen-bond donors (Lipinski definition) is 0. The third-order valence-electron chi connectivity index (χ3n) is 2.35. The Balaban J connectivity index is 2.18. The molecule has 0 radical (unpaired) electrons. The van der Waals surface area contributed by atoms with Crippen molar-refractivity contribution in [2.45, 2.75) is 12.5 Å². The molecule has 0 bridgehead atoms. The molecule has 0 aliphatic rings. The Kier molecular flexibility index (Phi) is 4.25. The highest BCUT2D eigenvalue weighted by atomic mass is 35.5. The molecule has 0 saturated carbocycles. The second kappa shape index (κ2) is 6.10.